The highest BCUT2D eigenvalue weighted by Gasteiger charge is 2.31. The van der Waals surface area contributed by atoms with E-state index in [1.165, 1.54) is 0 Å². The van der Waals surface area contributed by atoms with Gasteiger partial charge in [0, 0.05) is 0 Å². The molecule has 1 aliphatic rings. The normalized spacial score (nSPS) is 15.7. The molecule has 90 valence electrons. The topological polar surface area (TPSA) is 58.2 Å². The zero-order chi connectivity index (χ0) is 12.6. The van der Waals surface area contributed by atoms with Gasteiger partial charge in [-0.3, -0.25) is 9.59 Å². The molecule has 0 aromatic heterocycles. The molecule has 17 heavy (non-hydrogen) atoms. The Labute approximate surface area is 93.8 Å². The van der Waals surface area contributed by atoms with E-state index in [0.717, 1.165) is 18.2 Å². The Hall–Kier alpha value is -2.05. The number of benzene rings is 1. The first-order valence-electron chi connectivity index (χ1n) is 4.67. The van der Waals surface area contributed by atoms with E-state index >= 15 is 0 Å². The highest BCUT2D eigenvalue weighted by molar-refractivity contribution is 6.13. The third-order valence-corrected chi connectivity index (χ3v) is 2.22. The first-order chi connectivity index (χ1) is 7.86. The van der Waals surface area contributed by atoms with Gasteiger partial charge in [0.05, 0.1) is 16.9 Å². The molecule has 0 bridgehead atoms. The molecule has 2 rings (SSSR count). The molecule has 1 aliphatic heterocycles. The lowest BCUT2D eigenvalue weighted by Gasteiger charge is -2.11. The molecule has 4 nitrogen and oxygen atoms in total. The molecule has 0 aliphatic carbocycles. The predicted octanol–water partition coefficient (Wildman–Crippen LogP) is 1.99. The van der Waals surface area contributed by atoms with Crippen molar-refractivity contribution in [3.05, 3.63) is 23.8 Å². The van der Waals surface area contributed by atoms with Crippen LogP contribution in [0, 0.1) is 0 Å². The molecule has 0 unspecified atom stereocenters. The van der Waals surface area contributed by atoms with E-state index in [1.807, 2.05) is 0 Å². The molecule has 0 atom stereocenters. The fourth-order valence-corrected chi connectivity index (χ4v) is 1.47. The predicted molar refractivity (Wildman–Crippen MR) is 53.3 cm³/mol. The van der Waals surface area contributed by atoms with E-state index < -0.39 is 30.0 Å². The summed E-state index contributed by atoms with van der Waals surface area (Å²) in [4.78, 5) is 22.3. The number of hydrogen-bond acceptors (Lipinski definition) is 2. The summed E-state index contributed by atoms with van der Waals surface area (Å²) in [6, 6.07) is 2.75. The van der Waals surface area contributed by atoms with Crippen molar-refractivity contribution in [2.75, 3.05) is 10.6 Å². The van der Waals surface area contributed by atoms with Crippen LogP contribution in [0.2, 0.25) is 0 Å². The number of carbonyl (C=O) groups excluding carboxylic acids is 2. The van der Waals surface area contributed by atoms with Gasteiger partial charge in [0.25, 0.3) is 0 Å². The maximum absolute atomic E-state index is 12.4. The van der Waals surface area contributed by atoms with Crippen molar-refractivity contribution in [2.45, 2.75) is 12.6 Å². The molecule has 2 N–H and O–H groups in total. The van der Waals surface area contributed by atoms with Crippen LogP contribution < -0.4 is 10.6 Å². The molecule has 0 saturated carbocycles. The van der Waals surface area contributed by atoms with Crippen molar-refractivity contribution in [3.63, 3.8) is 0 Å². The van der Waals surface area contributed by atoms with E-state index in [0.29, 0.717) is 0 Å². The Morgan fingerprint density at radius 1 is 1.00 bits per heavy atom. The third kappa shape index (κ3) is 2.38. The van der Waals surface area contributed by atoms with Crippen molar-refractivity contribution < 1.29 is 22.8 Å². The second-order valence-electron chi connectivity index (χ2n) is 3.53. The van der Waals surface area contributed by atoms with Gasteiger partial charge in [-0.1, -0.05) is 0 Å². The molecule has 2 amide bonds. The van der Waals surface area contributed by atoms with Crippen LogP contribution in [0.1, 0.15) is 12.0 Å². The number of nitrogens with one attached hydrogen (secondary N) is 2. The maximum atomic E-state index is 12.4. The van der Waals surface area contributed by atoms with E-state index in [-0.39, 0.29) is 11.4 Å². The summed E-state index contributed by atoms with van der Waals surface area (Å²) in [6.45, 7) is 0. The van der Waals surface area contributed by atoms with Gasteiger partial charge in [-0.2, -0.15) is 13.2 Å². The van der Waals surface area contributed by atoms with E-state index in [1.54, 1.807) is 0 Å². The third-order valence-electron chi connectivity index (χ3n) is 2.22. The molecular formula is C10H7F3N2O2. The number of rotatable bonds is 0. The van der Waals surface area contributed by atoms with Crippen molar-refractivity contribution in [1.82, 2.24) is 0 Å². The van der Waals surface area contributed by atoms with Crippen LogP contribution in [0.4, 0.5) is 24.5 Å². The summed E-state index contributed by atoms with van der Waals surface area (Å²) in [5.41, 5.74) is -0.766. The number of hydrogen-bond donors (Lipinski definition) is 2. The van der Waals surface area contributed by atoms with Crippen LogP contribution in [0.15, 0.2) is 18.2 Å². The van der Waals surface area contributed by atoms with Gasteiger partial charge in [0.1, 0.15) is 6.42 Å². The molecule has 1 heterocycles. The minimum absolute atomic E-state index is 0.0457. The highest BCUT2D eigenvalue weighted by atomic mass is 19.4. The van der Waals surface area contributed by atoms with E-state index in [4.69, 9.17) is 0 Å². The molecular weight excluding hydrogens is 237 g/mol. The maximum Gasteiger partial charge on any atom is 0.416 e. The largest absolute Gasteiger partial charge is 0.416 e. The highest BCUT2D eigenvalue weighted by Crippen LogP contribution is 2.34. The van der Waals surface area contributed by atoms with Crippen LogP contribution in [-0.2, 0) is 15.8 Å². The fourth-order valence-electron chi connectivity index (χ4n) is 1.47. The monoisotopic (exact) mass is 244 g/mol. The summed E-state index contributed by atoms with van der Waals surface area (Å²) < 4.78 is 37.3. The van der Waals surface area contributed by atoms with Crippen LogP contribution in [-0.4, -0.2) is 11.8 Å². The zero-order valence-electron chi connectivity index (χ0n) is 8.39. The lowest BCUT2D eigenvalue weighted by atomic mass is 10.1. The Morgan fingerprint density at radius 2 is 1.59 bits per heavy atom. The van der Waals surface area contributed by atoms with Crippen molar-refractivity contribution in [2.24, 2.45) is 0 Å². The fraction of sp³-hybridized carbons (Fsp3) is 0.200. The van der Waals surface area contributed by atoms with Gasteiger partial charge in [-0.05, 0) is 18.2 Å². The minimum Gasteiger partial charge on any atom is -0.324 e. The van der Waals surface area contributed by atoms with Gasteiger partial charge in [0.15, 0.2) is 0 Å². The van der Waals surface area contributed by atoms with Gasteiger partial charge in [-0.25, -0.2) is 0 Å². The van der Waals surface area contributed by atoms with Gasteiger partial charge in [-0.15, -0.1) is 0 Å². The zero-order valence-corrected chi connectivity index (χ0v) is 8.39. The average Bonchev–Trinajstić information content (AvgIpc) is 2.31. The first kappa shape index (κ1) is 11.4. The molecule has 0 spiro atoms. The molecule has 1 aromatic rings. The van der Waals surface area contributed by atoms with Gasteiger partial charge < -0.3 is 10.6 Å². The second kappa shape index (κ2) is 3.76. The van der Waals surface area contributed by atoms with Crippen molar-refractivity contribution in [1.29, 1.82) is 0 Å². The first-order valence-corrected chi connectivity index (χ1v) is 4.67. The Morgan fingerprint density at radius 3 is 2.18 bits per heavy atom. The number of carbonyl (C=O) groups is 2. The summed E-state index contributed by atoms with van der Waals surface area (Å²) >= 11 is 0. The van der Waals surface area contributed by atoms with Crippen LogP contribution in [0.25, 0.3) is 0 Å². The Bertz CT molecular complexity index is 497. The Kier molecular flexibility index (Phi) is 2.53. The molecule has 1 aromatic carbocycles. The lowest BCUT2D eigenvalue weighted by Crippen LogP contribution is -2.16. The minimum atomic E-state index is -4.49. The lowest BCUT2D eigenvalue weighted by molar-refractivity contribution is -0.137. The number of halogens is 3. The standard InChI is InChI=1S/C10H7F3N2O2/c11-10(12,13)5-1-2-6-7(3-5)15-9(17)4-8(16)14-6/h1-3H,4H2,(H,14,16)(H,15,17). The molecule has 0 fully saturated rings. The number of fused-ring (bicyclic) bond motifs is 1. The van der Waals surface area contributed by atoms with Crippen molar-refractivity contribution in [3.8, 4) is 0 Å². The molecule has 0 saturated heterocycles. The van der Waals surface area contributed by atoms with Gasteiger partial charge >= 0.3 is 6.18 Å². The van der Waals surface area contributed by atoms with Crippen LogP contribution in [0.5, 0.6) is 0 Å². The van der Waals surface area contributed by atoms with Crippen molar-refractivity contribution >= 4 is 23.2 Å². The number of alkyl halides is 3. The summed E-state index contributed by atoms with van der Waals surface area (Å²) in [7, 11) is 0. The van der Waals surface area contributed by atoms with Crippen LogP contribution in [0.3, 0.4) is 0 Å². The van der Waals surface area contributed by atoms with E-state index in [9.17, 15) is 22.8 Å². The molecule has 7 heteroatoms. The Balaban J connectivity index is 2.45. The average molecular weight is 244 g/mol. The number of anilines is 2. The summed E-state index contributed by atoms with van der Waals surface area (Å²) in [5, 5.41) is 4.58. The quantitative estimate of drug-likeness (QED) is 0.685. The number of amides is 2. The second-order valence-corrected chi connectivity index (χ2v) is 3.53. The summed E-state index contributed by atoms with van der Waals surface area (Å²) in [6.07, 6.45) is -4.90. The molecule has 0 radical (unpaired) electrons. The summed E-state index contributed by atoms with van der Waals surface area (Å²) in [5.74, 6) is -1.19. The van der Waals surface area contributed by atoms with Gasteiger partial charge in [0.2, 0.25) is 11.8 Å². The van der Waals surface area contributed by atoms with E-state index in [2.05, 4.69) is 10.6 Å². The SMILES string of the molecule is O=C1CC(=O)Nc2cc(C(F)(F)F)ccc2N1. The smallest absolute Gasteiger partial charge is 0.324 e. The van der Waals surface area contributed by atoms with Crippen LogP contribution >= 0.6 is 0 Å².